The minimum Gasteiger partial charge on any atom is -0.486 e. The van der Waals surface area contributed by atoms with Crippen molar-refractivity contribution < 1.29 is 14.7 Å². The van der Waals surface area contributed by atoms with E-state index in [1.54, 1.807) is 0 Å². The summed E-state index contributed by atoms with van der Waals surface area (Å²) in [5.41, 5.74) is 5.73. The normalized spacial score (nSPS) is 14.5. The first-order valence-electron chi connectivity index (χ1n) is 9.67. The van der Waals surface area contributed by atoms with Crippen LogP contribution in [-0.2, 0) is 6.54 Å². The Morgan fingerprint density at radius 2 is 1.93 bits per heavy atom. The van der Waals surface area contributed by atoms with E-state index >= 15 is 0 Å². The molecule has 144 valence electrons. The van der Waals surface area contributed by atoms with Gasteiger partial charge >= 0.3 is 0 Å². The van der Waals surface area contributed by atoms with E-state index in [2.05, 4.69) is 16.6 Å². The zero-order valence-corrected chi connectivity index (χ0v) is 16.3. The number of ether oxygens (including phenoxy) is 1. The molecule has 2 heterocycles. The van der Waals surface area contributed by atoms with E-state index in [9.17, 15) is 10.0 Å². The number of fused-ring (bicyclic) bond motifs is 5. The number of aromatic nitrogens is 1. The molecule has 1 N–H and O–H groups in total. The maximum atomic E-state index is 13.2. The van der Waals surface area contributed by atoms with Gasteiger partial charge in [0, 0.05) is 34.1 Å². The predicted octanol–water partition coefficient (Wildman–Crippen LogP) is 4.92. The fraction of sp³-hybridized carbons (Fsp3) is 0.167. The lowest BCUT2D eigenvalue weighted by molar-refractivity contribution is 0.103. The van der Waals surface area contributed by atoms with Gasteiger partial charge in [-0.1, -0.05) is 29.4 Å². The summed E-state index contributed by atoms with van der Waals surface area (Å²) in [7, 11) is 0. The number of nitrogens with zero attached hydrogens (tertiary/aromatic N) is 2. The Balaban J connectivity index is 1.79. The molecular weight excluding hydrogens is 364 g/mol. The first-order valence-corrected chi connectivity index (χ1v) is 9.67. The highest BCUT2D eigenvalue weighted by Gasteiger charge is 2.26. The van der Waals surface area contributed by atoms with Crippen molar-refractivity contribution in [3.05, 3.63) is 76.9 Å². The lowest BCUT2D eigenvalue weighted by Crippen LogP contribution is -2.03. The third-order valence-corrected chi connectivity index (χ3v) is 5.74. The van der Waals surface area contributed by atoms with Crippen molar-refractivity contribution >= 4 is 33.3 Å². The Bertz CT molecular complexity index is 1330. The summed E-state index contributed by atoms with van der Waals surface area (Å²) in [6, 6.07) is 17.5. The van der Waals surface area contributed by atoms with Crippen LogP contribution >= 0.6 is 0 Å². The van der Waals surface area contributed by atoms with E-state index in [-0.39, 0.29) is 12.4 Å². The summed E-state index contributed by atoms with van der Waals surface area (Å²) in [6.07, 6.45) is 0. The second-order valence-electron chi connectivity index (χ2n) is 7.29. The zero-order chi connectivity index (χ0) is 20.1. The second-order valence-corrected chi connectivity index (χ2v) is 7.29. The molecule has 0 saturated heterocycles. The quantitative estimate of drug-likeness (QED) is 0.310. The van der Waals surface area contributed by atoms with E-state index < -0.39 is 0 Å². The lowest BCUT2D eigenvalue weighted by atomic mass is 9.97. The third kappa shape index (κ3) is 2.47. The Morgan fingerprint density at radius 3 is 2.69 bits per heavy atom. The van der Waals surface area contributed by atoms with E-state index in [0.717, 1.165) is 39.5 Å². The van der Waals surface area contributed by atoms with Crippen molar-refractivity contribution in [3.63, 3.8) is 0 Å². The van der Waals surface area contributed by atoms with Gasteiger partial charge in [0.15, 0.2) is 5.78 Å². The molecule has 0 saturated carbocycles. The van der Waals surface area contributed by atoms with Crippen molar-refractivity contribution in [1.29, 1.82) is 0 Å². The van der Waals surface area contributed by atoms with Crippen molar-refractivity contribution in [3.8, 4) is 5.75 Å². The molecule has 0 aliphatic carbocycles. The van der Waals surface area contributed by atoms with Gasteiger partial charge in [0.05, 0.1) is 10.9 Å². The topological polar surface area (TPSA) is 63.8 Å². The highest BCUT2D eigenvalue weighted by atomic mass is 16.5. The smallest absolute Gasteiger partial charge is 0.193 e. The summed E-state index contributed by atoms with van der Waals surface area (Å²) in [5.74, 6) is 0.724. The Labute approximate surface area is 167 Å². The molecule has 5 heteroatoms. The first kappa shape index (κ1) is 17.5. The van der Waals surface area contributed by atoms with Crippen LogP contribution in [0.1, 0.15) is 34.0 Å². The molecule has 5 rings (SSSR count). The average molecular weight is 384 g/mol. The van der Waals surface area contributed by atoms with Crippen LogP contribution in [0.4, 0.5) is 0 Å². The molecular formula is C24H20N2O3. The molecule has 0 atom stereocenters. The molecule has 3 aromatic carbocycles. The van der Waals surface area contributed by atoms with Crippen LogP contribution in [0.2, 0.25) is 0 Å². The van der Waals surface area contributed by atoms with Crippen LogP contribution < -0.4 is 4.74 Å². The minimum absolute atomic E-state index is 0.00787. The van der Waals surface area contributed by atoms with Gasteiger partial charge in [0.2, 0.25) is 0 Å². The summed E-state index contributed by atoms with van der Waals surface area (Å²) < 4.78 is 8.11. The number of rotatable bonds is 3. The van der Waals surface area contributed by atoms with Gasteiger partial charge in [-0.2, -0.15) is 0 Å². The van der Waals surface area contributed by atoms with Crippen molar-refractivity contribution in [2.24, 2.45) is 5.16 Å². The third-order valence-electron chi connectivity index (χ3n) is 5.74. The van der Waals surface area contributed by atoms with Gasteiger partial charge in [0.25, 0.3) is 0 Å². The van der Waals surface area contributed by atoms with Crippen LogP contribution in [-0.4, -0.2) is 27.9 Å². The van der Waals surface area contributed by atoms with Crippen molar-refractivity contribution in [2.75, 3.05) is 6.61 Å². The predicted molar refractivity (Wildman–Crippen MR) is 114 cm³/mol. The van der Waals surface area contributed by atoms with Crippen LogP contribution in [0.15, 0.2) is 59.8 Å². The standard InChI is InChI=1S/C24H20N2O3/c1-3-26-20-10-8-15(23(27)16-7-5-4-6-14(16)2)12-18(20)22-21(26)11-9-17-19(25-28)13-29-24(17)22/h4-12,28H,3,13H2,1-2H3/b25-19+. The van der Waals surface area contributed by atoms with Crippen molar-refractivity contribution in [2.45, 2.75) is 20.4 Å². The maximum Gasteiger partial charge on any atom is 0.193 e. The van der Waals surface area contributed by atoms with Crippen molar-refractivity contribution in [1.82, 2.24) is 4.57 Å². The summed E-state index contributed by atoms with van der Waals surface area (Å²) in [5, 5.41) is 14.6. The largest absolute Gasteiger partial charge is 0.486 e. The highest BCUT2D eigenvalue weighted by molar-refractivity contribution is 6.20. The summed E-state index contributed by atoms with van der Waals surface area (Å²) in [4.78, 5) is 13.2. The number of benzene rings is 3. The molecule has 0 spiro atoms. The van der Waals surface area contributed by atoms with Gasteiger partial charge < -0.3 is 14.5 Å². The first-order chi connectivity index (χ1) is 14.1. The number of hydrogen-bond donors (Lipinski definition) is 1. The van der Waals surface area contributed by atoms with E-state index in [0.29, 0.717) is 22.6 Å². The number of oxime groups is 1. The van der Waals surface area contributed by atoms with Crippen LogP contribution in [0.5, 0.6) is 5.75 Å². The molecule has 0 radical (unpaired) electrons. The molecule has 1 aliphatic rings. The highest BCUT2D eigenvalue weighted by Crippen LogP contribution is 2.41. The summed E-state index contributed by atoms with van der Waals surface area (Å²) in [6.45, 7) is 5.08. The second kappa shape index (κ2) is 6.48. The lowest BCUT2D eigenvalue weighted by Gasteiger charge is -2.06. The fourth-order valence-corrected chi connectivity index (χ4v) is 4.30. The zero-order valence-electron chi connectivity index (χ0n) is 16.3. The monoisotopic (exact) mass is 384 g/mol. The number of carbonyl (C=O) groups excluding carboxylic acids is 1. The Morgan fingerprint density at radius 1 is 1.14 bits per heavy atom. The summed E-state index contributed by atoms with van der Waals surface area (Å²) >= 11 is 0. The molecule has 0 unspecified atom stereocenters. The molecule has 4 aromatic rings. The molecule has 1 aromatic heterocycles. The SMILES string of the molecule is CCn1c2ccc(C(=O)c3ccccc3C)cc2c2c3c(ccc21)/C(=N/O)CO3. The van der Waals surface area contributed by atoms with Gasteiger partial charge in [-0.15, -0.1) is 0 Å². The Kier molecular flexibility index (Phi) is 3.91. The van der Waals surface area contributed by atoms with Gasteiger partial charge in [0.1, 0.15) is 18.1 Å². The fourth-order valence-electron chi connectivity index (χ4n) is 4.30. The molecule has 5 nitrogen and oxygen atoms in total. The average Bonchev–Trinajstić information content (AvgIpc) is 3.31. The van der Waals surface area contributed by atoms with Gasteiger partial charge in [-0.25, -0.2) is 0 Å². The van der Waals surface area contributed by atoms with Crippen LogP contribution in [0.3, 0.4) is 0 Å². The number of aryl methyl sites for hydroxylation is 2. The molecule has 0 bridgehead atoms. The van der Waals surface area contributed by atoms with Gasteiger partial charge in [-0.3, -0.25) is 4.79 Å². The minimum atomic E-state index is 0.00787. The molecule has 1 aliphatic heterocycles. The van der Waals surface area contributed by atoms with E-state index in [4.69, 9.17) is 4.74 Å². The molecule has 0 amide bonds. The number of ketones is 1. The van der Waals surface area contributed by atoms with E-state index in [1.165, 1.54) is 0 Å². The number of carbonyl (C=O) groups is 1. The maximum absolute atomic E-state index is 13.2. The van der Waals surface area contributed by atoms with Crippen LogP contribution in [0.25, 0.3) is 21.8 Å². The van der Waals surface area contributed by atoms with E-state index in [1.807, 2.05) is 61.5 Å². The van der Waals surface area contributed by atoms with Crippen LogP contribution in [0, 0.1) is 6.92 Å². The molecule has 0 fully saturated rings. The molecule has 29 heavy (non-hydrogen) atoms. The van der Waals surface area contributed by atoms with Gasteiger partial charge in [-0.05, 0) is 49.7 Å². The Hall–Kier alpha value is -3.60. The number of hydrogen-bond acceptors (Lipinski definition) is 4.